The van der Waals surface area contributed by atoms with Crippen LogP contribution >= 0.6 is 0 Å². The minimum absolute atomic E-state index is 0.378. The van der Waals surface area contributed by atoms with Gasteiger partial charge in [-0.25, -0.2) is 0 Å². The van der Waals surface area contributed by atoms with Crippen LogP contribution in [0.15, 0.2) is 0 Å². The van der Waals surface area contributed by atoms with E-state index in [-0.39, 0.29) is 6.10 Å². The van der Waals surface area contributed by atoms with Crippen molar-refractivity contribution in [2.45, 2.75) is 39.2 Å². The Bertz CT molecular complexity index is 230. The van der Waals surface area contributed by atoms with Crippen molar-refractivity contribution in [1.29, 1.82) is 0 Å². The number of carboxylic acids is 1. The highest BCUT2D eigenvalue weighted by molar-refractivity contribution is 5.75. The van der Waals surface area contributed by atoms with Crippen LogP contribution < -0.4 is 0 Å². The van der Waals surface area contributed by atoms with E-state index in [0.717, 1.165) is 19.4 Å². The van der Waals surface area contributed by atoms with Gasteiger partial charge in [0.25, 0.3) is 0 Å². The van der Waals surface area contributed by atoms with Crippen molar-refractivity contribution in [3.63, 3.8) is 0 Å². The first-order chi connectivity index (χ1) is 7.00. The third kappa shape index (κ3) is 2.92. The summed E-state index contributed by atoms with van der Waals surface area (Å²) >= 11 is 0. The Morgan fingerprint density at radius 3 is 2.73 bits per heavy atom. The van der Waals surface area contributed by atoms with Gasteiger partial charge in [-0.3, -0.25) is 9.69 Å². The van der Waals surface area contributed by atoms with Gasteiger partial charge in [0.2, 0.25) is 0 Å². The molecule has 1 saturated heterocycles. The molecule has 0 radical (unpaired) electrons. The lowest BCUT2D eigenvalue weighted by molar-refractivity contribution is -0.148. The van der Waals surface area contributed by atoms with Gasteiger partial charge in [0.1, 0.15) is 0 Å². The first kappa shape index (κ1) is 12.5. The predicted molar refractivity (Wildman–Crippen MR) is 57.7 cm³/mol. The van der Waals surface area contributed by atoms with E-state index in [1.807, 2.05) is 6.92 Å². The first-order valence-electron chi connectivity index (χ1n) is 5.64. The van der Waals surface area contributed by atoms with Crippen LogP contribution in [0, 0.1) is 5.41 Å². The summed E-state index contributed by atoms with van der Waals surface area (Å²) in [6.45, 7) is 5.71. The van der Waals surface area contributed by atoms with Crippen LogP contribution in [0.1, 0.15) is 33.1 Å². The van der Waals surface area contributed by atoms with Crippen LogP contribution in [0.4, 0.5) is 0 Å². The van der Waals surface area contributed by atoms with Gasteiger partial charge in [-0.05, 0) is 26.3 Å². The van der Waals surface area contributed by atoms with Crippen molar-refractivity contribution in [3.8, 4) is 0 Å². The molecule has 88 valence electrons. The monoisotopic (exact) mass is 215 g/mol. The molecule has 0 aliphatic carbocycles. The second-order valence-electron chi connectivity index (χ2n) is 4.67. The highest BCUT2D eigenvalue weighted by Gasteiger charge is 2.43. The van der Waals surface area contributed by atoms with Crippen molar-refractivity contribution in [3.05, 3.63) is 0 Å². The predicted octanol–water partition coefficient (Wildman–Crippen LogP) is 0.944. The number of aliphatic hydroxyl groups excluding tert-OH is 1. The first-order valence-corrected chi connectivity index (χ1v) is 5.64. The Hall–Kier alpha value is -0.610. The minimum atomic E-state index is -0.683. The molecular formula is C11H21NO3. The fourth-order valence-corrected chi connectivity index (χ4v) is 2.45. The van der Waals surface area contributed by atoms with Crippen molar-refractivity contribution in [2.75, 3.05) is 19.6 Å². The van der Waals surface area contributed by atoms with Crippen molar-refractivity contribution < 1.29 is 15.0 Å². The van der Waals surface area contributed by atoms with Crippen LogP contribution in [-0.2, 0) is 4.79 Å². The van der Waals surface area contributed by atoms with Gasteiger partial charge in [0.05, 0.1) is 11.5 Å². The molecule has 4 nitrogen and oxygen atoms in total. The lowest BCUT2D eigenvalue weighted by Crippen LogP contribution is -2.36. The number of hydrogen-bond donors (Lipinski definition) is 2. The van der Waals surface area contributed by atoms with Gasteiger partial charge in [0, 0.05) is 13.1 Å². The van der Waals surface area contributed by atoms with Crippen LogP contribution in [-0.4, -0.2) is 46.8 Å². The van der Waals surface area contributed by atoms with Crippen molar-refractivity contribution in [2.24, 2.45) is 5.41 Å². The topological polar surface area (TPSA) is 60.8 Å². The van der Waals surface area contributed by atoms with Crippen LogP contribution in [0.3, 0.4) is 0 Å². The number of hydrogen-bond acceptors (Lipinski definition) is 3. The van der Waals surface area contributed by atoms with E-state index in [0.29, 0.717) is 19.5 Å². The number of nitrogens with zero attached hydrogens (tertiary/aromatic N) is 1. The molecule has 1 fully saturated rings. The van der Waals surface area contributed by atoms with Gasteiger partial charge in [-0.1, -0.05) is 13.3 Å². The zero-order chi connectivity index (χ0) is 11.5. The minimum Gasteiger partial charge on any atom is -0.481 e. The summed E-state index contributed by atoms with van der Waals surface area (Å²) in [6, 6.07) is 0. The summed E-state index contributed by atoms with van der Waals surface area (Å²) in [5.41, 5.74) is -0.566. The number of carboxylic acid groups (broad SMARTS) is 1. The smallest absolute Gasteiger partial charge is 0.310 e. The van der Waals surface area contributed by atoms with Gasteiger partial charge in [0.15, 0.2) is 0 Å². The molecule has 0 spiro atoms. The van der Waals surface area contributed by atoms with Crippen LogP contribution in [0.25, 0.3) is 0 Å². The third-order valence-electron chi connectivity index (χ3n) is 3.14. The van der Waals surface area contributed by atoms with E-state index in [4.69, 9.17) is 0 Å². The summed E-state index contributed by atoms with van der Waals surface area (Å²) < 4.78 is 0. The molecule has 0 saturated carbocycles. The highest BCUT2D eigenvalue weighted by Crippen LogP contribution is 2.35. The Labute approximate surface area is 90.9 Å². The Morgan fingerprint density at radius 2 is 2.27 bits per heavy atom. The number of carbonyl (C=O) groups is 1. The summed E-state index contributed by atoms with van der Waals surface area (Å²) in [7, 11) is 0. The van der Waals surface area contributed by atoms with Crippen LogP contribution in [0.5, 0.6) is 0 Å². The molecule has 1 aliphatic rings. The number of rotatable bonds is 5. The zero-order valence-corrected chi connectivity index (χ0v) is 9.57. The van der Waals surface area contributed by atoms with E-state index in [1.165, 1.54) is 0 Å². The second kappa shape index (κ2) is 4.94. The fraction of sp³-hybridized carbons (Fsp3) is 0.909. The summed E-state index contributed by atoms with van der Waals surface area (Å²) in [4.78, 5) is 13.3. The molecule has 1 rings (SSSR count). The van der Waals surface area contributed by atoms with Gasteiger partial charge >= 0.3 is 5.97 Å². The Morgan fingerprint density at radius 1 is 1.60 bits per heavy atom. The van der Waals surface area contributed by atoms with E-state index < -0.39 is 11.4 Å². The number of aliphatic carboxylic acids is 1. The van der Waals surface area contributed by atoms with E-state index >= 15 is 0 Å². The highest BCUT2D eigenvalue weighted by atomic mass is 16.4. The maximum atomic E-state index is 11.3. The average Bonchev–Trinajstić information content (AvgIpc) is 2.49. The molecule has 2 unspecified atom stereocenters. The fourth-order valence-electron chi connectivity index (χ4n) is 2.45. The van der Waals surface area contributed by atoms with Crippen molar-refractivity contribution >= 4 is 5.97 Å². The number of β-amino-alcohol motifs (C(OH)–C–C–N with tert-alkyl or cyclic N) is 1. The van der Waals surface area contributed by atoms with Gasteiger partial charge in [-0.15, -0.1) is 0 Å². The molecule has 0 aromatic heterocycles. The SMILES string of the molecule is CCCC1(C(=O)O)CCN(CC(C)O)C1. The van der Waals surface area contributed by atoms with Gasteiger partial charge < -0.3 is 10.2 Å². The third-order valence-corrected chi connectivity index (χ3v) is 3.14. The maximum Gasteiger partial charge on any atom is 0.310 e. The Balaban J connectivity index is 2.59. The maximum absolute atomic E-state index is 11.3. The summed E-state index contributed by atoms with van der Waals surface area (Å²) in [5, 5.41) is 18.5. The molecule has 15 heavy (non-hydrogen) atoms. The van der Waals surface area contributed by atoms with E-state index in [1.54, 1.807) is 6.92 Å². The molecule has 0 amide bonds. The molecular weight excluding hydrogens is 194 g/mol. The van der Waals surface area contributed by atoms with Gasteiger partial charge in [-0.2, -0.15) is 0 Å². The van der Waals surface area contributed by atoms with E-state index in [2.05, 4.69) is 4.90 Å². The molecule has 0 aromatic carbocycles. The van der Waals surface area contributed by atoms with Crippen LogP contribution in [0.2, 0.25) is 0 Å². The molecule has 2 atom stereocenters. The Kier molecular flexibility index (Phi) is 4.11. The van der Waals surface area contributed by atoms with E-state index in [9.17, 15) is 15.0 Å². The summed E-state index contributed by atoms with van der Waals surface area (Å²) in [5.74, 6) is -0.683. The quantitative estimate of drug-likeness (QED) is 0.716. The molecule has 2 N–H and O–H groups in total. The standard InChI is InChI=1S/C11H21NO3/c1-3-4-11(10(14)15)5-6-12(8-11)7-9(2)13/h9,13H,3-8H2,1-2H3,(H,14,15). The summed E-state index contributed by atoms with van der Waals surface area (Å²) in [6.07, 6.45) is 1.97. The number of aliphatic hydroxyl groups is 1. The lowest BCUT2D eigenvalue weighted by atomic mass is 9.83. The van der Waals surface area contributed by atoms with Crippen molar-refractivity contribution in [1.82, 2.24) is 4.90 Å². The largest absolute Gasteiger partial charge is 0.481 e. The molecule has 0 bridgehead atoms. The molecule has 0 aromatic rings. The molecule has 1 aliphatic heterocycles. The molecule has 4 heteroatoms. The zero-order valence-electron chi connectivity index (χ0n) is 9.57. The second-order valence-corrected chi connectivity index (χ2v) is 4.67. The average molecular weight is 215 g/mol. The lowest BCUT2D eigenvalue weighted by Gasteiger charge is -2.24. The number of likely N-dealkylation sites (tertiary alicyclic amines) is 1. The normalized spacial score (nSPS) is 29.3. The molecule has 1 heterocycles.